The van der Waals surface area contributed by atoms with Crippen molar-refractivity contribution in [2.75, 3.05) is 0 Å². The molecule has 5 nitrogen and oxygen atoms in total. The molecule has 1 aromatic carbocycles. The van der Waals surface area contributed by atoms with Gasteiger partial charge in [-0.15, -0.1) is 0 Å². The molecule has 2 N–H and O–H groups in total. The molecule has 0 saturated carbocycles. The van der Waals surface area contributed by atoms with Gasteiger partial charge in [-0.25, -0.2) is 10.3 Å². The Balaban J connectivity index is 2.32. The van der Waals surface area contributed by atoms with Gasteiger partial charge in [-0.1, -0.05) is 29.3 Å². The molecule has 0 saturated heterocycles. The van der Waals surface area contributed by atoms with Crippen LogP contribution in [0.4, 0.5) is 0 Å². The number of halogens is 1. The van der Waals surface area contributed by atoms with Crippen molar-refractivity contribution in [2.24, 2.45) is 5.84 Å². The SMILES string of the molecule is Cc1ccc(S(=O)(=O)N(N)C=C2C=CC(Cl)=CC2=O)cc1. The quantitative estimate of drug-likeness (QED) is 0.524. The number of hydrazine groups is 1. The molecule has 0 amide bonds. The van der Waals surface area contributed by atoms with Crippen LogP contribution in [-0.4, -0.2) is 18.6 Å². The number of hydrogen-bond donors (Lipinski definition) is 1. The van der Waals surface area contributed by atoms with Crippen LogP contribution in [0.3, 0.4) is 0 Å². The Morgan fingerprint density at radius 3 is 2.38 bits per heavy atom. The van der Waals surface area contributed by atoms with Gasteiger partial charge >= 0.3 is 0 Å². The van der Waals surface area contributed by atoms with Gasteiger partial charge in [0.25, 0.3) is 10.0 Å². The second-order valence-electron chi connectivity index (χ2n) is 4.46. The van der Waals surface area contributed by atoms with Crippen LogP contribution in [0.2, 0.25) is 0 Å². The molecular weight excluding hydrogens is 312 g/mol. The van der Waals surface area contributed by atoms with Gasteiger partial charge in [0.05, 0.1) is 4.90 Å². The van der Waals surface area contributed by atoms with E-state index in [1.54, 1.807) is 12.1 Å². The fourth-order valence-corrected chi connectivity index (χ4v) is 2.79. The molecule has 0 bridgehead atoms. The van der Waals surface area contributed by atoms with Crippen LogP contribution < -0.4 is 5.84 Å². The molecule has 0 fully saturated rings. The van der Waals surface area contributed by atoms with Crippen LogP contribution in [0.1, 0.15) is 5.56 Å². The minimum Gasteiger partial charge on any atom is -0.289 e. The average Bonchev–Trinajstić information content (AvgIpc) is 2.42. The number of carbonyl (C=O) groups is 1. The predicted molar refractivity (Wildman–Crippen MR) is 80.6 cm³/mol. The fourth-order valence-electron chi connectivity index (χ4n) is 1.65. The number of nitrogens with two attached hydrogens (primary N) is 1. The van der Waals surface area contributed by atoms with Crippen LogP contribution in [0, 0.1) is 6.92 Å². The number of benzene rings is 1. The summed E-state index contributed by atoms with van der Waals surface area (Å²) >= 11 is 5.68. The highest BCUT2D eigenvalue weighted by Gasteiger charge is 2.20. The lowest BCUT2D eigenvalue weighted by Crippen LogP contribution is -2.33. The van der Waals surface area contributed by atoms with E-state index in [1.807, 2.05) is 6.92 Å². The summed E-state index contributed by atoms with van der Waals surface area (Å²) in [6, 6.07) is 6.25. The van der Waals surface area contributed by atoms with Gasteiger partial charge in [0.15, 0.2) is 5.78 Å². The second-order valence-corrected chi connectivity index (χ2v) is 6.74. The molecule has 0 spiro atoms. The first-order chi connectivity index (χ1) is 9.80. The van der Waals surface area contributed by atoms with Gasteiger partial charge in [-0.2, -0.15) is 8.42 Å². The molecule has 7 heteroatoms. The van der Waals surface area contributed by atoms with E-state index in [1.165, 1.54) is 30.4 Å². The minimum atomic E-state index is -3.90. The minimum absolute atomic E-state index is 0.0493. The number of ketones is 1. The number of carbonyl (C=O) groups excluding carboxylic acids is 1. The summed E-state index contributed by atoms with van der Waals surface area (Å²) in [6.07, 6.45) is 5.16. The zero-order chi connectivity index (χ0) is 15.6. The fraction of sp³-hybridized carbons (Fsp3) is 0.0714. The van der Waals surface area contributed by atoms with E-state index in [2.05, 4.69) is 0 Å². The van der Waals surface area contributed by atoms with E-state index in [4.69, 9.17) is 17.4 Å². The molecule has 1 aromatic rings. The maximum Gasteiger partial charge on any atom is 0.277 e. The first-order valence-corrected chi connectivity index (χ1v) is 7.80. The molecule has 0 aromatic heterocycles. The van der Waals surface area contributed by atoms with Crippen LogP contribution in [0.5, 0.6) is 0 Å². The van der Waals surface area contributed by atoms with Gasteiger partial charge in [-0.05, 0) is 31.2 Å². The number of allylic oxidation sites excluding steroid dienone is 5. The summed E-state index contributed by atoms with van der Waals surface area (Å²) in [5.74, 6) is 5.17. The summed E-state index contributed by atoms with van der Waals surface area (Å²) in [4.78, 5) is 11.7. The van der Waals surface area contributed by atoms with Crippen LogP contribution in [0.15, 0.2) is 64.2 Å². The second kappa shape index (κ2) is 5.85. The Labute approximate surface area is 128 Å². The average molecular weight is 325 g/mol. The van der Waals surface area contributed by atoms with Crippen molar-refractivity contribution >= 4 is 27.4 Å². The van der Waals surface area contributed by atoms with Gasteiger partial charge in [0.1, 0.15) is 0 Å². The summed E-state index contributed by atoms with van der Waals surface area (Å²) in [6.45, 7) is 1.85. The summed E-state index contributed by atoms with van der Waals surface area (Å²) < 4.78 is 25.1. The van der Waals surface area contributed by atoms with E-state index in [9.17, 15) is 13.2 Å². The Bertz CT molecular complexity index is 762. The van der Waals surface area contributed by atoms with Gasteiger partial charge in [-0.3, -0.25) is 4.79 Å². The highest BCUT2D eigenvalue weighted by Crippen LogP contribution is 2.18. The lowest BCUT2D eigenvalue weighted by Gasteiger charge is -2.16. The Morgan fingerprint density at radius 2 is 1.81 bits per heavy atom. The monoisotopic (exact) mass is 324 g/mol. The molecule has 110 valence electrons. The largest absolute Gasteiger partial charge is 0.289 e. The molecule has 0 heterocycles. The molecule has 21 heavy (non-hydrogen) atoms. The first kappa shape index (κ1) is 15.5. The summed E-state index contributed by atoms with van der Waals surface area (Å²) in [5, 5.41) is 0.280. The molecule has 0 unspecified atom stereocenters. The number of rotatable bonds is 3. The highest BCUT2D eigenvalue weighted by atomic mass is 35.5. The smallest absolute Gasteiger partial charge is 0.277 e. The molecule has 1 aliphatic carbocycles. The molecule has 0 radical (unpaired) electrons. The van der Waals surface area contributed by atoms with Gasteiger partial charge in [0, 0.05) is 22.9 Å². The van der Waals surface area contributed by atoms with E-state index in [0.717, 1.165) is 11.8 Å². The van der Waals surface area contributed by atoms with Gasteiger partial charge < -0.3 is 0 Å². The van der Waals surface area contributed by atoms with Crippen LogP contribution >= 0.6 is 11.6 Å². The maximum absolute atomic E-state index is 12.3. The molecule has 0 aliphatic heterocycles. The third-order valence-electron chi connectivity index (χ3n) is 2.84. The van der Waals surface area contributed by atoms with Crippen molar-refractivity contribution in [1.29, 1.82) is 0 Å². The molecule has 1 aliphatic rings. The van der Waals surface area contributed by atoms with Crippen molar-refractivity contribution in [1.82, 2.24) is 4.41 Å². The topological polar surface area (TPSA) is 80.5 Å². The third-order valence-corrected chi connectivity index (χ3v) is 4.60. The van der Waals surface area contributed by atoms with E-state index in [-0.39, 0.29) is 15.5 Å². The van der Waals surface area contributed by atoms with Crippen molar-refractivity contribution in [3.63, 3.8) is 0 Å². The first-order valence-electron chi connectivity index (χ1n) is 5.98. The zero-order valence-corrected chi connectivity index (χ0v) is 12.7. The third kappa shape index (κ3) is 3.41. The normalized spacial score (nSPS) is 17.0. The Kier molecular flexibility index (Phi) is 4.32. The predicted octanol–water partition coefficient (Wildman–Crippen LogP) is 2.00. The molecular formula is C14H13ClN2O3S. The number of sulfonamides is 1. The van der Waals surface area contributed by atoms with Gasteiger partial charge in [0.2, 0.25) is 0 Å². The molecule has 0 atom stereocenters. The van der Waals surface area contributed by atoms with Crippen molar-refractivity contribution in [3.8, 4) is 0 Å². The number of aryl methyl sites for hydroxylation is 1. The maximum atomic E-state index is 12.3. The van der Waals surface area contributed by atoms with Crippen molar-refractivity contribution in [2.45, 2.75) is 11.8 Å². The van der Waals surface area contributed by atoms with Crippen molar-refractivity contribution in [3.05, 3.63) is 64.9 Å². The van der Waals surface area contributed by atoms with E-state index < -0.39 is 15.8 Å². The van der Waals surface area contributed by atoms with E-state index >= 15 is 0 Å². The number of nitrogens with zero attached hydrogens (tertiary/aromatic N) is 1. The lowest BCUT2D eigenvalue weighted by molar-refractivity contribution is -0.111. The molecule has 2 rings (SSSR count). The standard InChI is InChI=1S/C14H13ClN2O3S/c1-10-2-6-13(7-3-10)21(19,20)17(16)9-11-4-5-12(15)8-14(11)18/h2-9H,16H2,1H3. The van der Waals surface area contributed by atoms with Crippen molar-refractivity contribution < 1.29 is 13.2 Å². The lowest BCUT2D eigenvalue weighted by atomic mass is 10.1. The van der Waals surface area contributed by atoms with E-state index in [0.29, 0.717) is 4.41 Å². The zero-order valence-electron chi connectivity index (χ0n) is 11.2. The van der Waals surface area contributed by atoms with Crippen LogP contribution in [-0.2, 0) is 14.8 Å². The Morgan fingerprint density at radius 1 is 1.19 bits per heavy atom. The highest BCUT2D eigenvalue weighted by molar-refractivity contribution is 7.89. The summed E-state index contributed by atoms with van der Waals surface area (Å²) in [5.41, 5.74) is 1.07. The summed E-state index contributed by atoms with van der Waals surface area (Å²) in [7, 11) is -3.90. The van der Waals surface area contributed by atoms with Crippen LogP contribution in [0.25, 0.3) is 0 Å². The number of hydrogen-bond acceptors (Lipinski definition) is 4. The Hall–Kier alpha value is -1.89.